The lowest BCUT2D eigenvalue weighted by molar-refractivity contribution is 0.282. The van der Waals surface area contributed by atoms with Gasteiger partial charge in [-0.05, 0) is 32.1 Å². The number of aliphatic hydroxyl groups excluding tert-OH is 1. The molecule has 0 rings (SSSR count). The first-order chi connectivity index (χ1) is 18.9. The van der Waals surface area contributed by atoms with Gasteiger partial charge in [0.1, 0.15) is 0 Å². The zero-order valence-corrected chi connectivity index (χ0v) is 26.6. The van der Waals surface area contributed by atoms with Crippen LogP contribution in [0.25, 0.3) is 0 Å². The first kappa shape index (κ1) is 37.7. The molecule has 0 aliphatic rings. The van der Waals surface area contributed by atoms with E-state index in [0.29, 0.717) is 6.61 Å². The van der Waals surface area contributed by atoms with E-state index >= 15 is 0 Å². The van der Waals surface area contributed by atoms with Crippen molar-refractivity contribution in [3.05, 3.63) is 12.2 Å². The third-order valence-corrected chi connectivity index (χ3v) is 8.42. The Labute approximate surface area is 242 Å². The van der Waals surface area contributed by atoms with Gasteiger partial charge in [0.15, 0.2) is 0 Å². The average molecular weight is 535 g/mol. The molecule has 0 unspecified atom stereocenters. The summed E-state index contributed by atoms with van der Waals surface area (Å²) in [6, 6.07) is 0. The van der Waals surface area contributed by atoms with E-state index in [1.165, 1.54) is 205 Å². The Morgan fingerprint density at radius 1 is 0.289 bits per heavy atom. The third kappa shape index (κ3) is 35.7. The summed E-state index contributed by atoms with van der Waals surface area (Å²) in [5.74, 6) is 0. The fourth-order valence-electron chi connectivity index (χ4n) is 5.72. The second-order valence-electron chi connectivity index (χ2n) is 12.4. The van der Waals surface area contributed by atoms with Gasteiger partial charge in [0.2, 0.25) is 0 Å². The van der Waals surface area contributed by atoms with Gasteiger partial charge in [-0.2, -0.15) is 0 Å². The summed E-state index contributed by atoms with van der Waals surface area (Å²) in [7, 11) is 0. The van der Waals surface area contributed by atoms with Gasteiger partial charge in [-0.15, -0.1) is 0 Å². The summed E-state index contributed by atoms with van der Waals surface area (Å²) in [5.41, 5.74) is 0. The predicted octanol–water partition coefficient (Wildman–Crippen LogP) is 13.4. The van der Waals surface area contributed by atoms with Crippen molar-refractivity contribution in [2.75, 3.05) is 6.61 Å². The standard InChI is InChI=1S/C37H74O/c1-2-3-4-5-6-7-8-9-10-11-12-13-14-15-16-17-18-19-20-21-22-23-24-25-26-27-28-29-30-31-32-33-34-35-36-37-38/h14-15,38H,2-13,16-37H2,1H3/b15-14-. The molecule has 0 heterocycles. The second-order valence-corrected chi connectivity index (χ2v) is 12.4. The van der Waals surface area contributed by atoms with E-state index in [1.807, 2.05) is 0 Å². The zero-order valence-electron chi connectivity index (χ0n) is 26.6. The minimum atomic E-state index is 0.373. The van der Waals surface area contributed by atoms with Crippen molar-refractivity contribution in [3.8, 4) is 0 Å². The van der Waals surface area contributed by atoms with Gasteiger partial charge >= 0.3 is 0 Å². The van der Waals surface area contributed by atoms with Crippen LogP contribution in [0.3, 0.4) is 0 Å². The average Bonchev–Trinajstić information content (AvgIpc) is 2.93. The van der Waals surface area contributed by atoms with Crippen molar-refractivity contribution < 1.29 is 5.11 Å². The summed E-state index contributed by atoms with van der Waals surface area (Å²) < 4.78 is 0. The van der Waals surface area contributed by atoms with E-state index in [0.717, 1.165) is 6.42 Å². The SMILES string of the molecule is CCCCCCCCCCCCC/C=C\CCCCCCCCCCCCCCCCCCCCCCO. The lowest BCUT2D eigenvalue weighted by Crippen LogP contribution is -1.85. The Morgan fingerprint density at radius 3 is 0.737 bits per heavy atom. The normalized spacial score (nSPS) is 11.7. The van der Waals surface area contributed by atoms with Crippen LogP contribution in [0.4, 0.5) is 0 Å². The van der Waals surface area contributed by atoms with Gasteiger partial charge < -0.3 is 5.11 Å². The molecular weight excluding hydrogens is 460 g/mol. The largest absolute Gasteiger partial charge is 0.396 e. The van der Waals surface area contributed by atoms with Crippen LogP contribution in [0, 0.1) is 0 Å². The van der Waals surface area contributed by atoms with Gasteiger partial charge in [-0.1, -0.05) is 199 Å². The maximum Gasteiger partial charge on any atom is 0.0431 e. The molecule has 0 radical (unpaired) electrons. The molecule has 0 aliphatic carbocycles. The summed E-state index contributed by atoms with van der Waals surface area (Å²) in [4.78, 5) is 0. The molecule has 38 heavy (non-hydrogen) atoms. The maximum atomic E-state index is 8.78. The highest BCUT2D eigenvalue weighted by Crippen LogP contribution is 2.16. The molecule has 0 aromatic heterocycles. The summed E-state index contributed by atoms with van der Waals surface area (Å²) in [6.07, 6.45) is 51.5. The van der Waals surface area contributed by atoms with Gasteiger partial charge in [0.25, 0.3) is 0 Å². The maximum absolute atomic E-state index is 8.78. The third-order valence-electron chi connectivity index (χ3n) is 8.42. The molecule has 1 N–H and O–H groups in total. The highest BCUT2D eigenvalue weighted by molar-refractivity contribution is 4.81. The topological polar surface area (TPSA) is 20.2 Å². The fourth-order valence-corrected chi connectivity index (χ4v) is 5.72. The molecule has 0 fully saturated rings. The number of hydrogen-bond acceptors (Lipinski definition) is 1. The van der Waals surface area contributed by atoms with E-state index in [-0.39, 0.29) is 0 Å². The van der Waals surface area contributed by atoms with E-state index in [4.69, 9.17) is 5.11 Å². The molecule has 0 amide bonds. The van der Waals surface area contributed by atoms with Gasteiger partial charge in [0.05, 0.1) is 0 Å². The lowest BCUT2D eigenvalue weighted by atomic mass is 10.0. The minimum absolute atomic E-state index is 0.373. The van der Waals surface area contributed by atoms with Gasteiger partial charge in [0, 0.05) is 6.61 Å². The van der Waals surface area contributed by atoms with Crippen LogP contribution in [0.15, 0.2) is 12.2 Å². The summed E-state index contributed by atoms with van der Waals surface area (Å²) in [6.45, 7) is 2.67. The van der Waals surface area contributed by atoms with Crippen LogP contribution in [0.5, 0.6) is 0 Å². The van der Waals surface area contributed by atoms with Crippen molar-refractivity contribution in [2.45, 2.75) is 219 Å². The molecule has 0 saturated heterocycles. The number of rotatable bonds is 34. The Bertz CT molecular complexity index is 415. The Hall–Kier alpha value is -0.300. The van der Waals surface area contributed by atoms with Crippen LogP contribution >= 0.6 is 0 Å². The molecule has 0 bridgehead atoms. The molecule has 0 saturated carbocycles. The van der Waals surface area contributed by atoms with Crippen molar-refractivity contribution >= 4 is 0 Å². The molecule has 1 nitrogen and oxygen atoms in total. The molecule has 0 aliphatic heterocycles. The molecular formula is C37H74O. The molecule has 228 valence electrons. The van der Waals surface area contributed by atoms with E-state index in [9.17, 15) is 0 Å². The quantitative estimate of drug-likeness (QED) is 0.0642. The van der Waals surface area contributed by atoms with Gasteiger partial charge in [-0.3, -0.25) is 0 Å². The highest BCUT2D eigenvalue weighted by atomic mass is 16.2. The number of aliphatic hydroxyl groups is 1. The van der Waals surface area contributed by atoms with Crippen LogP contribution in [-0.4, -0.2) is 11.7 Å². The first-order valence-electron chi connectivity index (χ1n) is 18.2. The van der Waals surface area contributed by atoms with Crippen molar-refractivity contribution in [1.82, 2.24) is 0 Å². The van der Waals surface area contributed by atoms with Crippen LogP contribution in [-0.2, 0) is 0 Å². The number of hydrogen-bond donors (Lipinski definition) is 1. The van der Waals surface area contributed by atoms with Crippen LogP contribution in [0.1, 0.15) is 219 Å². The predicted molar refractivity (Wildman–Crippen MR) is 174 cm³/mol. The lowest BCUT2D eigenvalue weighted by Gasteiger charge is -2.04. The van der Waals surface area contributed by atoms with Gasteiger partial charge in [-0.25, -0.2) is 0 Å². The second kappa shape index (κ2) is 36.7. The molecule has 0 aromatic rings. The van der Waals surface area contributed by atoms with Crippen molar-refractivity contribution in [1.29, 1.82) is 0 Å². The van der Waals surface area contributed by atoms with Crippen molar-refractivity contribution in [2.24, 2.45) is 0 Å². The Balaban J connectivity index is 3.07. The van der Waals surface area contributed by atoms with Crippen molar-refractivity contribution in [3.63, 3.8) is 0 Å². The van der Waals surface area contributed by atoms with Crippen LogP contribution in [0.2, 0.25) is 0 Å². The molecule has 0 spiro atoms. The summed E-state index contributed by atoms with van der Waals surface area (Å²) in [5, 5.41) is 8.78. The zero-order chi connectivity index (χ0) is 27.5. The fraction of sp³-hybridized carbons (Fsp3) is 0.946. The minimum Gasteiger partial charge on any atom is -0.396 e. The number of allylic oxidation sites excluding steroid dienone is 2. The van der Waals surface area contributed by atoms with E-state index in [2.05, 4.69) is 19.1 Å². The molecule has 1 heteroatoms. The number of unbranched alkanes of at least 4 members (excludes halogenated alkanes) is 31. The molecule has 0 atom stereocenters. The van der Waals surface area contributed by atoms with E-state index in [1.54, 1.807) is 0 Å². The monoisotopic (exact) mass is 535 g/mol. The first-order valence-corrected chi connectivity index (χ1v) is 18.2. The summed E-state index contributed by atoms with van der Waals surface area (Å²) >= 11 is 0. The Morgan fingerprint density at radius 2 is 0.500 bits per heavy atom. The smallest absolute Gasteiger partial charge is 0.0431 e. The molecule has 0 aromatic carbocycles. The Kier molecular flexibility index (Phi) is 36.4. The van der Waals surface area contributed by atoms with Crippen LogP contribution < -0.4 is 0 Å². The van der Waals surface area contributed by atoms with E-state index < -0.39 is 0 Å². The highest BCUT2D eigenvalue weighted by Gasteiger charge is 1.96.